The first-order chi connectivity index (χ1) is 9.93. The molecule has 1 saturated heterocycles. The van der Waals surface area contributed by atoms with Crippen LogP contribution in [0.15, 0.2) is 12.1 Å². The number of carbonyl (C=O) groups is 1. The topological polar surface area (TPSA) is 97.2 Å². The first-order valence-corrected chi connectivity index (χ1v) is 7.10. The summed E-state index contributed by atoms with van der Waals surface area (Å²) in [6, 6.07) is 2.60. The Kier molecular flexibility index (Phi) is 4.11. The molecule has 7 nitrogen and oxygen atoms in total. The van der Waals surface area contributed by atoms with Crippen LogP contribution in [-0.2, 0) is 4.79 Å². The van der Waals surface area contributed by atoms with E-state index in [0.717, 1.165) is 12.8 Å². The van der Waals surface area contributed by atoms with E-state index in [1.54, 1.807) is 13.0 Å². The first-order valence-electron chi connectivity index (χ1n) is 7.10. The molecule has 114 valence electrons. The van der Waals surface area contributed by atoms with Gasteiger partial charge in [0.15, 0.2) is 0 Å². The molecular weight excluding hydrogens is 272 g/mol. The van der Waals surface area contributed by atoms with Crippen molar-refractivity contribution in [3.63, 3.8) is 0 Å². The minimum atomic E-state index is -0.462. The maximum Gasteiger partial charge on any atom is 0.290 e. The van der Waals surface area contributed by atoms with Crippen LogP contribution in [0, 0.1) is 22.5 Å². The number of pyridine rings is 1. The molecule has 1 aromatic rings. The zero-order valence-electron chi connectivity index (χ0n) is 12.5. The maximum atomic E-state index is 12.1. The lowest BCUT2D eigenvalue weighted by molar-refractivity contribution is -0.385. The molecule has 21 heavy (non-hydrogen) atoms. The van der Waals surface area contributed by atoms with Crippen LogP contribution in [-0.4, -0.2) is 28.4 Å². The molecule has 0 spiro atoms. The molecule has 2 heterocycles. The summed E-state index contributed by atoms with van der Waals surface area (Å²) >= 11 is 0. The Morgan fingerprint density at radius 1 is 1.48 bits per heavy atom. The molecule has 0 bridgehead atoms. The lowest BCUT2D eigenvalue weighted by Gasteiger charge is -2.31. The average Bonchev–Trinajstić information content (AvgIpc) is 2.76. The van der Waals surface area contributed by atoms with Crippen LogP contribution >= 0.6 is 0 Å². The van der Waals surface area contributed by atoms with Crippen molar-refractivity contribution < 1.29 is 9.72 Å². The normalized spacial score (nSPS) is 20.1. The Morgan fingerprint density at radius 2 is 2.14 bits per heavy atom. The van der Waals surface area contributed by atoms with Gasteiger partial charge in [0.05, 0.1) is 4.92 Å². The van der Waals surface area contributed by atoms with Crippen molar-refractivity contribution in [3.8, 4) is 0 Å². The highest BCUT2D eigenvalue weighted by atomic mass is 16.6. The number of carbonyl (C=O) groups excluding carboxylic acids is 1. The fraction of sp³-hybridized carbons (Fsp3) is 0.571. The minimum absolute atomic E-state index is 0.0198. The minimum Gasteiger partial charge on any atom is -0.358 e. The van der Waals surface area contributed by atoms with Crippen LogP contribution in [0.2, 0.25) is 0 Å². The van der Waals surface area contributed by atoms with E-state index < -0.39 is 4.92 Å². The third-order valence-electron chi connectivity index (χ3n) is 4.44. The van der Waals surface area contributed by atoms with Gasteiger partial charge < -0.3 is 10.6 Å². The van der Waals surface area contributed by atoms with E-state index in [2.05, 4.69) is 29.5 Å². The van der Waals surface area contributed by atoms with Gasteiger partial charge in [0.1, 0.15) is 17.6 Å². The summed E-state index contributed by atoms with van der Waals surface area (Å²) < 4.78 is 0. The molecule has 1 atom stereocenters. The number of anilines is 1. The molecule has 1 aliphatic heterocycles. The van der Waals surface area contributed by atoms with E-state index in [-0.39, 0.29) is 23.1 Å². The second-order valence-corrected chi connectivity index (χ2v) is 5.42. The molecule has 0 saturated carbocycles. The third kappa shape index (κ3) is 2.68. The monoisotopic (exact) mass is 292 g/mol. The average molecular weight is 292 g/mol. The summed E-state index contributed by atoms with van der Waals surface area (Å²) in [5.41, 5.74) is 0.171. The Balaban J connectivity index is 2.26. The molecule has 0 radical (unpaired) electrons. The standard InChI is InChI=1S/C14H20N4O3/c1-4-14(5-2)8-15-13(19)12(14)17-11-7-6-10(18(20)21)9(3)16-11/h6-7,12H,4-5,8H2,1-3H3,(H,15,19)(H,16,17). The molecule has 0 aromatic carbocycles. The fourth-order valence-corrected chi connectivity index (χ4v) is 2.85. The fourth-order valence-electron chi connectivity index (χ4n) is 2.85. The second kappa shape index (κ2) is 5.67. The lowest BCUT2D eigenvalue weighted by Crippen LogP contribution is -2.41. The molecule has 7 heteroatoms. The van der Waals surface area contributed by atoms with Crippen molar-refractivity contribution in [1.29, 1.82) is 0 Å². The number of aromatic nitrogens is 1. The number of hydrogen-bond donors (Lipinski definition) is 2. The predicted octanol–water partition coefficient (Wildman–Crippen LogP) is 2.01. The maximum absolute atomic E-state index is 12.1. The van der Waals surface area contributed by atoms with Gasteiger partial charge in [0.2, 0.25) is 5.91 Å². The van der Waals surface area contributed by atoms with Gasteiger partial charge in [-0.2, -0.15) is 0 Å². The summed E-state index contributed by atoms with van der Waals surface area (Å²) in [6.45, 7) is 6.35. The van der Waals surface area contributed by atoms with Gasteiger partial charge in [-0.25, -0.2) is 4.98 Å². The van der Waals surface area contributed by atoms with E-state index in [1.165, 1.54) is 6.07 Å². The molecule has 2 N–H and O–H groups in total. The van der Waals surface area contributed by atoms with Gasteiger partial charge in [-0.1, -0.05) is 13.8 Å². The van der Waals surface area contributed by atoms with E-state index in [1.807, 2.05) is 0 Å². The van der Waals surface area contributed by atoms with Crippen LogP contribution < -0.4 is 10.6 Å². The van der Waals surface area contributed by atoms with Crippen molar-refractivity contribution >= 4 is 17.4 Å². The van der Waals surface area contributed by atoms with E-state index >= 15 is 0 Å². The van der Waals surface area contributed by atoms with Crippen LogP contribution in [0.1, 0.15) is 32.4 Å². The second-order valence-electron chi connectivity index (χ2n) is 5.42. The van der Waals surface area contributed by atoms with Crippen molar-refractivity contribution in [1.82, 2.24) is 10.3 Å². The molecule has 1 aromatic heterocycles. The van der Waals surface area contributed by atoms with Gasteiger partial charge in [-0.15, -0.1) is 0 Å². The van der Waals surface area contributed by atoms with Crippen molar-refractivity contribution in [2.75, 3.05) is 11.9 Å². The van der Waals surface area contributed by atoms with Crippen molar-refractivity contribution in [3.05, 3.63) is 27.9 Å². The Morgan fingerprint density at radius 3 is 2.67 bits per heavy atom. The number of nitrogens with zero attached hydrogens (tertiary/aromatic N) is 2. The zero-order valence-corrected chi connectivity index (χ0v) is 12.5. The van der Waals surface area contributed by atoms with Gasteiger partial charge in [-0.05, 0) is 25.8 Å². The molecule has 1 amide bonds. The molecule has 1 aliphatic rings. The third-order valence-corrected chi connectivity index (χ3v) is 4.44. The first kappa shape index (κ1) is 15.2. The van der Waals surface area contributed by atoms with E-state index in [4.69, 9.17) is 0 Å². The highest BCUT2D eigenvalue weighted by Gasteiger charge is 2.46. The van der Waals surface area contributed by atoms with Crippen LogP contribution in [0.5, 0.6) is 0 Å². The summed E-state index contributed by atoms with van der Waals surface area (Å²) in [7, 11) is 0. The number of hydrogen-bond acceptors (Lipinski definition) is 5. The van der Waals surface area contributed by atoms with Crippen LogP contribution in [0.25, 0.3) is 0 Å². The number of rotatable bonds is 5. The van der Waals surface area contributed by atoms with Crippen molar-refractivity contribution in [2.24, 2.45) is 5.41 Å². The van der Waals surface area contributed by atoms with E-state index in [0.29, 0.717) is 18.1 Å². The number of aryl methyl sites for hydroxylation is 1. The Hall–Kier alpha value is -2.18. The number of nitrogens with one attached hydrogen (secondary N) is 2. The number of amides is 1. The summed E-state index contributed by atoms with van der Waals surface area (Å²) in [5.74, 6) is 0.447. The molecule has 2 rings (SSSR count). The Labute approximate surface area is 123 Å². The molecular formula is C14H20N4O3. The summed E-state index contributed by atoms with van der Waals surface area (Å²) in [5, 5.41) is 16.8. The van der Waals surface area contributed by atoms with Gasteiger partial charge in [0, 0.05) is 18.0 Å². The largest absolute Gasteiger partial charge is 0.358 e. The highest BCUT2D eigenvalue weighted by molar-refractivity contribution is 5.88. The van der Waals surface area contributed by atoms with E-state index in [9.17, 15) is 14.9 Å². The molecule has 0 aliphatic carbocycles. The van der Waals surface area contributed by atoms with Gasteiger partial charge >= 0.3 is 0 Å². The smallest absolute Gasteiger partial charge is 0.290 e. The number of nitro groups is 1. The Bertz CT molecular complexity index is 569. The highest BCUT2D eigenvalue weighted by Crippen LogP contribution is 2.35. The zero-order chi connectivity index (χ0) is 15.6. The quantitative estimate of drug-likeness (QED) is 0.639. The van der Waals surface area contributed by atoms with Gasteiger partial charge in [-0.3, -0.25) is 14.9 Å². The van der Waals surface area contributed by atoms with Crippen LogP contribution in [0.3, 0.4) is 0 Å². The predicted molar refractivity (Wildman–Crippen MR) is 79.1 cm³/mol. The molecule has 1 fully saturated rings. The van der Waals surface area contributed by atoms with Crippen LogP contribution in [0.4, 0.5) is 11.5 Å². The summed E-state index contributed by atoms with van der Waals surface area (Å²) in [4.78, 5) is 26.6. The summed E-state index contributed by atoms with van der Waals surface area (Å²) in [6.07, 6.45) is 1.73. The lowest BCUT2D eigenvalue weighted by atomic mass is 9.78. The van der Waals surface area contributed by atoms with Crippen molar-refractivity contribution in [2.45, 2.75) is 39.7 Å². The molecule has 1 unspecified atom stereocenters. The SMILES string of the molecule is CCC1(CC)CNC(=O)C1Nc1ccc([N+](=O)[O-])c(C)n1. The van der Waals surface area contributed by atoms with Gasteiger partial charge in [0.25, 0.3) is 5.69 Å².